The van der Waals surface area contributed by atoms with Gasteiger partial charge in [-0.1, -0.05) is 179 Å². The monoisotopic (exact) mass is 697 g/mol. The molecular weight excluding hydrogens is 655 g/mol. The van der Waals surface area contributed by atoms with Crippen LogP contribution in [-0.2, 0) is 10.8 Å². The summed E-state index contributed by atoms with van der Waals surface area (Å²) in [5, 5.41) is 2.47. The number of rotatable bonds is 6. The van der Waals surface area contributed by atoms with E-state index in [9.17, 15) is 0 Å². The molecule has 1 heterocycles. The van der Waals surface area contributed by atoms with E-state index in [1.54, 1.807) is 0 Å². The van der Waals surface area contributed by atoms with Gasteiger partial charge in [-0.15, -0.1) is 0 Å². The molecule has 0 unspecified atom stereocenters. The predicted molar refractivity (Wildman–Crippen MR) is 225 cm³/mol. The molecular formula is C51H43N3. The Morgan fingerprint density at radius 1 is 0.333 bits per heavy atom. The van der Waals surface area contributed by atoms with Crippen LogP contribution in [0.15, 0.2) is 164 Å². The first-order valence-corrected chi connectivity index (χ1v) is 19.0. The summed E-state index contributed by atoms with van der Waals surface area (Å²) in [4.78, 5) is 15.5. The fourth-order valence-corrected chi connectivity index (χ4v) is 8.09. The smallest absolute Gasteiger partial charge is 0.164 e. The van der Waals surface area contributed by atoms with Crippen molar-refractivity contribution in [1.82, 2.24) is 15.0 Å². The Bertz CT molecular complexity index is 2650. The van der Waals surface area contributed by atoms with E-state index >= 15 is 0 Å². The summed E-state index contributed by atoms with van der Waals surface area (Å²) in [6, 6.07) is 58.3. The van der Waals surface area contributed by atoms with Crippen LogP contribution >= 0.6 is 0 Å². The van der Waals surface area contributed by atoms with E-state index in [1.165, 1.54) is 45.9 Å². The van der Waals surface area contributed by atoms with Crippen molar-refractivity contribution in [3.8, 4) is 67.5 Å². The molecule has 0 spiro atoms. The van der Waals surface area contributed by atoms with Crippen LogP contribution < -0.4 is 0 Å². The molecule has 1 aromatic heterocycles. The number of hydrogen-bond acceptors (Lipinski definition) is 3. The van der Waals surface area contributed by atoms with E-state index in [1.807, 2.05) is 6.07 Å². The Morgan fingerprint density at radius 2 is 0.852 bits per heavy atom. The molecule has 0 saturated carbocycles. The highest BCUT2D eigenvalue weighted by atomic mass is 15.0. The maximum absolute atomic E-state index is 5.20. The topological polar surface area (TPSA) is 38.7 Å². The number of fused-ring (bicyclic) bond motifs is 2. The van der Waals surface area contributed by atoms with Crippen molar-refractivity contribution >= 4 is 10.8 Å². The summed E-state index contributed by atoms with van der Waals surface area (Å²) in [6.45, 7) is 9.53. The fraction of sp³-hybridized carbons (Fsp3) is 0.157. The first-order chi connectivity index (χ1) is 26.2. The van der Waals surface area contributed by atoms with Gasteiger partial charge in [0.25, 0.3) is 0 Å². The van der Waals surface area contributed by atoms with Crippen LogP contribution in [0.5, 0.6) is 0 Å². The molecule has 0 atom stereocenters. The predicted octanol–water partition coefficient (Wildman–Crippen LogP) is 13.4. The van der Waals surface area contributed by atoms with E-state index in [4.69, 9.17) is 15.0 Å². The van der Waals surface area contributed by atoms with Crippen LogP contribution in [0, 0.1) is 0 Å². The average Bonchev–Trinajstić information content (AvgIpc) is 3.22. The fourth-order valence-electron chi connectivity index (χ4n) is 8.09. The third-order valence-electron chi connectivity index (χ3n) is 11.4. The van der Waals surface area contributed by atoms with Gasteiger partial charge in [-0.05, 0) is 91.1 Å². The van der Waals surface area contributed by atoms with Gasteiger partial charge in [0.2, 0.25) is 0 Å². The van der Waals surface area contributed by atoms with Crippen molar-refractivity contribution in [2.75, 3.05) is 0 Å². The van der Waals surface area contributed by atoms with Gasteiger partial charge in [-0.3, -0.25) is 0 Å². The minimum absolute atomic E-state index is 0.131. The molecule has 7 aromatic carbocycles. The molecule has 1 aliphatic carbocycles. The molecule has 8 aromatic rings. The second-order valence-corrected chi connectivity index (χ2v) is 16.0. The second-order valence-electron chi connectivity index (χ2n) is 16.0. The van der Waals surface area contributed by atoms with Crippen molar-refractivity contribution in [2.45, 2.75) is 51.4 Å². The van der Waals surface area contributed by atoms with Gasteiger partial charge in [0.05, 0.1) is 0 Å². The molecule has 0 fully saturated rings. The summed E-state index contributed by atoms with van der Waals surface area (Å²) in [5.74, 6) is 1.94. The van der Waals surface area contributed by atoms with Crippen LogP contribution in [0.4, 0.5) is 0 Å². The van der Waals surface area contributed by atoms with Crippen molar-refractivity contribution in [2.24, 2.45) is 0 Å². The number of benzene rings is 7. The van der Waals surface area contributed by atoms with Crippen LogP contribution in [0.3, 0.4) is 0 Å². The SMILES string of the molecule is CC1(C)CCC(C)(C)c2cc(-c3cccc(-c4nc(-c5ccc(-c6ccc7ccccc7c6)cc5)nc(-c5ccccc5-c5ccccc5)n4)c3)ccc21. The summed E-state index contributed by atoms with van der Waals surface area (Å²) >= 11 is 0. The zero-order chi connectivity index (χ0) is 36.9. The van der Waals surface area contributed by atoms with Crippen molar-refractivity contribution in [1.29, 1.82) is 0 Å². The Hall–Kier alpha value is -6.19. The lowest BCUT2D eigenvalue weighted by Gasteiger charge is -2.42. The minimum atomic E-state index is 0.131. The van der Waals surface area contributed by atoms with E-state index in [-0.39, 0.29) is 10.8 Å². The van der Waals surface area contributed by atoms with E-state index in [2.05, 4.69) is 185 Å². The van der Waals surface area contributed by atoms with Crippen molar-refractivity contribution in [3.05, 3.63) is 175 Å². The number of hydrogen-bond donors (Lipinski definition) is 0. The average molecular weight is 698 g/mol. The van der Waals surface area contributed by atoms with Gasteiger partial charge in [0.1, 0.15) is 0 Å². The van der Waals surface area contributed by atoms with Gasteiger partial charge in [0, 0.05) is 16.7 Å². The molecule has 3 heteroatoms. The molecule has 0 saturated heterocycles. The molecule has 0 aliphatic heterocycles. The van der Waals surface area contributed by atoms with Gasteiger partial charge < -0.3 is 0 Å². The Balaban J connectivity index is 1.16. The van der Waals surface area contributed by atoms with E-state index in [0.29, 0.717) is 17.5 Å². The lowest BCUT2D eigenvalue weighted by molar-refractivity contribution is 0.332. The molecule has 9 rings (SSSR count). The third-order valence-corrected chi connectivity index (χ3v) is 11.4. The van der Waals surface area contributed by atoms with Crippen LogP contribution in [0.2, 0.25) is 0 Å². The van der Waals surface area contributed by atoms with Crippen LogP contribution in [-0.4, -0.2) is 15.0 Å². The number of nitrogens with zero attached hydrogens (tertiary/aromatic N) is 3. The molecule has 262 valence electrons. The van der Waals surface area contributed by atoms with Gasteiger partial charge in [0.15, 0.2) is 17.5 Å². The molecule has 0 radical (unpaired) electrons. The van der Waals surface area contributed by atoms with E-state index < -0.39 is 0 Å². The summed E-state index contributed by atoms with van der Waals surface area (Å²) in [6.07, 6.45) is 2.38. The maximum Gasteiger partial charge on any atom is 0.164 e. The van der Waals surface area contributed by atoms with Gasteiger partial charge in [-0.2, -0.15) is 0 Å². The van der Waals surface area contributed by atoms with Crippen molar-refractivity contribution < 1.29 is 0 Å². The lowest BCUT2D eigenvalue weighted by atomic mass is 9.63. The van der Waals surface area contributed by atoms with Gasteiger partial charge in [-0.25, -0.2) is 15.0 Å². The summed E-state index contributed by atoms with van der Waals surface area (Å²) < 4.78 is 0. The van der Waals surface area contributed by atoms with E-state index in [0.717, 1.165) is 38.9 Å². The molecule has 54 heavy (non-hydrogen) atoms. The first-order valence-electron chi connectivity index (χ1n) is 19.0. The third kappa shape index (κ3) is 6.30. The van der Waals surface area contributed by atoms with Gasteiger partial charge >= 0.3 is 0 Å². The lowest BCUT2D eigenvalue weighted by Crippen LogP contribution is -2.33. The van der Waals surface area contributed by atoms with Crippen LogP contribution in [0.25, 0.3) is 78.3 Å². The Kier molecular flexibility index (Phi) is 8.31. The molecule has 1 aliphatic rings. The zero-order valence-corrected chi connectivity index (χ0v) is 31.3. The molecule has 0 amide bonds. The standard InChI is InChI=1S/C51H43N3/c1-50(2)29-30-51(3,4)46-33-41(27-28-45(46)50)39-17-12-18-42(32-39)48-52-47(53-49(54-48)44-20-11-10-19-43(44)36-14-6-5-7-15-36)37-24-21-35(22-25-37)40-26-23-34-13-8-9-16-38(34)31-40/h5-28,31-33H,29-30H2,1-4H3. The number of aromatic nitrogens is 3. The maximum atomic E-state index is 5.20. The highest BCUT2D eigenvalue weighted by Crippen LogP contribution is 2.47. The Labute approximate surface area is 318 Å². The summed E-state index contributed by atoms with van der Waals surface area (Å²) in [7, 11) is 0. The van der Waals surface area contributed by atoms with Crippen molar-refractivity contribution in [3.63, 3.8) is 0 Å². The quantitative estimate of drug-likeness (QED) is 0.174. The van der Waals surface area contributed by atoms with Crippen LogP contribution in [0.1, 0.15) is 51.7 Å². The molecule has 3 nitrogen and oxygen atoms in total. The first kappa shape index (κ1) is 33.6. The summed E-state index contributed by atoms with van der Waals surface area (Å²) in [5.41, 5.74) is 13.0. The minimum Gasteiger partial charge on any atom is -0.208 e. The Morgan fingerprint density at radius 3 is 1.63 bits per heavy atom. The molecule has 0 bridgehead atoms. The second kappa shape index (κ2) is 13.3. The normalized spacial score (nSPS) is 14.4. The highest BCUT2D eigenvalue weighted by molar-refractivity contribution is 5.88. The zero-order valence-electron chi connectivity index (χ0n) is 31.3. The largest absolute Gasteiger partial charge is 0.208 e. The highest BCUT2D eigenvalue weighted by Gasteiger charge is 2.37. The molecule has 0 N–H and O–H groups in total.